The van der Waals surface area contributed by atoms with Crippen LogP contribution in [0.3, 0.4) is 0 Å². The van der Waals surface area contributed by atoms with Crippen molar-refractivity contribution in [1.82, 2.24) is 9.97 Å². The summed E-state index contributed by atoms with van der Waals surface area (Å²) in [4.78, 5) is 38.7. The van der Waals surface area contributed by atoms with Gasteiger partial charge in [-0.05, 0) is 6.54 Å². The van der Waals surface area contributed by atoms with E-state index in [4.69, 9.17) is 29.7 Å². The van der Waals surface area contributed by atoms with E-state index in [-0.39, 0.29) is 5.97 Å². The van der Waals surface area contributed by atoms with Crippen LogP contribution in [0.4, 0.5) is 0 Å². The van der Waals surface area contributed by atoms with E-state index in [1.54, 1.807) is 6.33 Å². The molecule has 0 aromatic carbocycles. The highest BCUT2D eigenvalue weighted by atomic mass is 31.2. The number of likely N-dealkylation sites (N-methyl/N-ethyl adjacent to an activating group) is 1. The van der Waals surface area contributed by atoms with E-state index in [1.807, 2.05) is 6.20 Å². The lowest BCUT2D eigenvalue weighted by Gasteiger charge is -2.23. The second kappa shape index (κ2) is 12.2. The number of aromatic amines is 1. The van der Waals surface area contributed by atoms with E-state index in [1.165, 1.54) is 6.92 Å². The van der Waals surface area contributed by atoms with Gasteiger partial charge in [0.05, 0.1) is 33.2 Å². The summed E-state index contributed by atoms with van der Waals surface area (Å²) in [5.41, 5.74) is 6.30. The normalized spacial score (nSPS) is 10.8. The molecule has 0 radical (unpaired) electrons. The zero-order valence-corrected chi connectivity index (χ0v) is 14.9. The molecule has 11 heteroatoms. The van der Waals surface area contributed by atoms with Crippen LogP contribution in [0.2, 0.25) is 0 Å². The van der Waals surface area contributed by atoms with Crippen molar-refractivity contribution in [1.29, 1.82) is 0 Å². The van der Waals surface area contributed by atoms with Gasteiger partial charge in [0, 0.05) is 19.5 Å². The monoisotopic (exact) mass is 355 g/mol. The third-order valence-electron chi connectivity index (χ3n) is 2.02. The molecule has 1 aromatic rings. The molecule has 0 fully saturated rings. The number of carbonyl (C=O) groups excluding carboxylic acids is 1. The van der Waals surface area contributed by atoms with Crippen molar-refractivity contribution < 1.29 is 33.3 Å². The number of hydrogen-bond acceptors (Lipinski definition) is 5. The lowest BCUT2D eigenvalue weighted by Crippen LogP contribution is -2.37. The number of rotatable bonds is 5. The molecule has 1 aromatic heterocycles. The minimum absolute atomic E-state index is 0.201. The summed E-state index contributed by atoms with van der Waals surface area (Å²) in [5.74, 6) is -0.201. The Morgan fingerprint density at radius 2 is 1.91 bits per heavy atom. The van der Waals surface area contributed by atoms with Crippen LogP contribution >= 0.6 is 7.82 Å². The summed E-state index contributed by atoms with van der Waals surface area (Å²) in [6, 6.07) is 0. The fourth-order valence-electron chi connectivity index (χ4n) is 1.04. The summed E-state index contributed by atoms with van der Waals surface area (Å²) in [6.45, 7) is 3.47. The molecule has 0 atom stereocenters. The molecule has 0 aliphatic heterocycles. The maximum absolute atomic E-state index is 10.3. The van der Waals surface area contributed by atoms with Gasteiger partial charge < -0.3 is 34.6 Å². The number of nitrogens with one attached hydrogen (secondary N) is 1. The van der Waals surface area contributed by atoms with Crippen LogP contribution in [0.25, 0.3) is 0 Å². The van der Waals surface area contributed by atoms with Crippen molar-refractivity contribution in [2.75, 3.05) is 40.8 Å². The second-order valence-corrected chi connectivity index (χ2v) is 6.49. The minimum Gasteiger partial charge on any atom is -0.460 e. The highest BCUT2D eigenvalue weighted by Gasteiger charge is 2.06. The van der Waals surface area contributed by atoms with Gasteiger partial charge in [0.15, 0.2) is 0 Å². The molecule has 0 bridgehead atoms. The smallest absolute Gasteiger partial charge is 0.460 e. The van der Waals surface area contributed by atoms with Crippen molar-refractivity contribution in [3.05, 3.63) is 18.2 Å². The molecule has 0 unspecified atom stereocenters. The predicted molar refractivity (Wildman–Crippen MR) is 85.1 cm³/mol. The molecule has 0 aliphatic rings. The van der Waals surface area contributed by atoms with Crippen LogP contribution < -0.4 is 5.73 Å². The van der Waals surface area contributed by atoms with Crippen LogP contribution in [0.15, 0.2) is 12.5 Å². The standard InChI is InChI=1S/C7H16NO2.C5H9N3.H3O4P/c1-7(9)10-6-5-8(2,3)4;6-2-1-5-3-7-4-8-5;1-5(2,3)4/h5-6H2,1-4H3;3-4H,1-2,6H2,(H,7,8);(H3,1,2,3,4)/q+1;;. The van der Waals surface area contributed by atoms with Crippen LogP contribution in [0.1, 0.15) is 12.6 Å². The number of H-pyrrole nitrogens is 1. The van der Waals surface area contributed by atoms with Gasteiger partial charge in [-0.3, -0.25) is 4.79 Å². The van der Waals surface area contributed by atoms with Gasteiger partial charge in [-0.15, -0.1) is 0 Å². The Morgan fingerprint density at radius 3 is 2.22 bits per heavy atom. The number of hydrogen-bond donors (Lipinski definition) is 5. The number of esters is 1. The third-order valence-corrected chi connectivity index (χ3v) is 2.02. The summed E-state index contributed by atoms with van der Waals surface area (Å²) in [5, 5.41) is 0. The zero-order chi connectivity index (χ0) is 18.5. The fraction of sp³-hybridized carbons (Fsp3) is 0.667. The van der Waals surface area contributed by atoms with Crippen LogP contribution in [-0.4, -0.2) is 75.9 Å². The Bertz CT molecular complexity index is 446. The molecular formula is C12H28N4O6P+. The number of imidazole rings is 1. The Labute approximate surface area is 136 Å². The summed E-state index contributed by atoms with van der Waals surface area (Å²) in [6.07, 6.45) is 4.38. The van der Waals surface area contributed by atoms with Gasteiger partial charge in [-0.2, -0.15) is 0 Å². The number of phosphoric acid groups is 1. The summed E-state index contributed by atoms with van der Waals surface area (Å²) in [7, 11) is 1.54. The van der Waals surface area contributed by atoms with Gasteiger partial charge in [0.2, 0.25) is 0 Å². The average Bonchev–Trinajstić information content (AvgIpc) is 2.78. The van der Waals surface area contributed by atoms with E-state index in [0.717, 1.165) is 23.1 Å². The van der Waals surface area contributed by atoms with Gasteiger partial charge in [-0.25, -0.2) is 9.55 Å². The highest BCUT2D eigenvalue weighted by molar-refractivity contribution is 7.45. The molecule has 0 amide bonds. The number of carbonyl (C=O) groups is 1. The van der Waals surface area contributed by atoms with Gasteiger partial charge in [-0.1, -0.05) is 0 Å². The molecule has 136 valence electrons. The van der Waals surface area contributed by atoms with Gasteiger partial charge in [0.25, 0.3) is 0 Å². The van der Waals surface area contributed by atoms with E-state index in [0.29, 0.717) is 13.2 Å². The van der Waals surface area contributed by atoms with E-state index >= 15 is 0 Å². The quantitative estimate of drug-likeness (QED) is 0.262. The molecule has 1 rings (SSSR count). The maximum atomic E-state index is 10.3. The molecule has 0 saturated heterocycles. The molecule has 1 heterocycles. The van der Waals surface area contributed by atoms with E-state index in [2.05, 4.69) is 31.1 Å². The molecule has 10 nitrogen and oxygen atoms in total. The molecule has 6 N–H and O–H groups in total. The van der Waals surface area contributed by atoms with Crippen LogP contribution in [0.5, 0.6) is 0 Å². The second-order valence-electron chi connectivity index (χ2n) is 5.47. The first-order valence-corrected chi connectivity index (χ1v) is 8.31. The average molecular weight is 355 g/mol. The van der Waals surface area contributed by atoms with Crippen molar-refractivity contribution in [2.45, 2.75) is 13.3 Å². The van der Waals surface area contributed by atoms with Crippen molar-refractivity contribution in [2.24, 2.45) is 5.73 Å². The topological polar surface area (TPSA) is 159 Å². The third kappa shape index (κ3) is 29.4. The lowest BCUT2D eigenvalue weighted by atomic mass is 10.3. The highest BCUT2D eigenvalue weighted by Crippen LogP contribution is 2.25. The first kappa shape index (κ1) is 24.0. The Kier molecular flexibility index (Phi) is 12.7. The Morgan fingerprint density at radius 1 is 1.39 bits per heavy atom. The van der Waals surface area contributed by atoms with Gasteiger partial charge >= 0.3 is 13.8 Å². The molecule has 23 heavy (non-hydrogen) atoms. The number of quaternary nitrogens is 1. The number of aromatic nitrogens is 2. The van der Waals surface area contributed by atoms with Crippen LogP contribution in [0, 0.1) is 0 Å². The minimum atomic E-state index is -4.64. The molecule has 0 saturated carbocycles. The first-order valence-electron chi connectivity index (χ1n) is 6.75. The molecule has 0 aliphatic carbocycles. The SMILES string of the molecule is CC(=O)OCC[N+](C)(C)C.NCCc1c[nH]cn1.O=P(O)(O)O. The molecular weight excluding hydrogens is 327 g/mol. The summed E-state index contributed by atoms with van der Waals surface area (Å²) >= 11 is 0. The summed E-state index contributed by atoms with van der Waals surface area (Å²) < 4.78 is 14.5. The fourth-order valence-corrected chi connectivity index (χ4v) is 1.04. The van der Waals surface area contributed by atoms with E-state index in [9.17, 15) is 4.79 Å². The number of nitrogens with two attached hydrogens (primary N) is 1. The Hall–Kier alpha value is -1.29. The van der Waals surface area contributed by atoms with Crippen LogP contribution in [-0.2, 0) is 20.5 Å². The predicted octanol–water partition coefficient (Wildman–Crippen LogP) is -0.762. The van der Waals surface area contributed by atoms with E-state index < -0.39 is 7.82 Å². The first-order chi connectivity index (χ1) is 10.3. The number of ether oxygens (including phenoxy) is 1. The lowest BCUT2D eigenvalue weighted by molar-refractivity contribution is -0.870. The zero-order valence-electron chi connectivity index (χ0n) is 14.0. The Balaban J connectivity index is 0. The van der Waals surface area contributed by atoms with Crippen molar-refractivity contribution in [3.8, 4) is 0 Å². The maximum Gasteiger partial charge on any atom is 0.466 e. The molecule has 0 spiro atoms. The number of nitrogens with zero attached hydrogens (tertiary/aromatic N) is 2. The van der Waals surface area contributed by atoms with Crippen molar-refractivity contribution in [3.63, 3.8) is 0 Å². The van der Waals surface area contributed by atoms with Crippen molar-refractivity contribution >= 4 is 13.8 Å². The van der Waals surface area contributed by atoms with Gasteiger partial charge in [0.1, 0.15) is 13.2 Å². The largest absolute Gasteiger partial charge is 0.466 e.